The molecule has 0 saturated heterocycles. The zero-order valence-electron chi connectivity index (χ0n) is 61.0. The second-order valence-corrected chi connectivity index (χ2v) is 27.2. The highest BCUT2D eigenvalue weighted by atomic mass is 16.3. The predicted molar refractivity (Wildman–Crippen MR) is 378 cm³/mol. The van der Waals surface area contributed by atoms with Crippen molar-refractivity contribution < 1.29 is 62.6 Å². The second kappa shape index (κ2) is 50.6. The predicted octanol–water partition coefficient (Wildman–Crippen LogP) is -1.73. The highest BCUT2D eigenvalue weighted by molar-refractivity contribution is 5.99. The summed E-state index contributed by atoms with van der Waals surface area (Å²) in [6.45, 7) is 21.5. The van der Waals surface area contributed by atoms with Crippen molar-refractivity contribution in [2.45, 2.75) is 278 Å². The Morgan fingerprint density at radius 1 is 0.306 bits per heavy atom. The van der Waals surface area contributed by atoms with Crippen molar-refractivity contribution in [1.82, 2.24) is 58.5 Å². The van der Waals surface area contributed by atoms with Crippen molar-refractivity contribution in [2.24, 2.45) is 75.6 Å². The summed E-state index contributed by atoms with van der Waals surface area (Å²) in [5.74, 6) is -11.4. The van der Waals surface area contributed by atoms with Crippen molar-refractivity contribution in [3.05, 3.63) is 0 Å². The van der Waals surface area contributed by atoms with Gasteiger partial charge in [0.2, 0.25) is 70.9 Å². The van der Waals surface area contributed by atoms with Gasteiger partial charge < -0.3 is 104 Å². The first-order chi connectivity index (χ1) is 46.3. The van der Waals surface area contributed by atoms with Gasteiger partial charge in [0.15, 0.2) is 0 Å². The Balaban J connectivity index is 6.94. The number of rotatable bonds is 54. The van der Waals surface area contributed by atoms with Crippen LogP contribution in [0.4, 0.5) is 0 Å². The topological polar surface area (TPSA) is 540 Å². The van der Waals surface area contributed by atoms with E-state index in [-0.39, 0.29) is 70.0 Å². The number of carbonyl (C=O) groups excluding carboxylic acids is 12. The van der Waals surface area contributed by atoms with Gasteiger partial charge in [0.25, 0.3) is 0 Å². The van der Waals surface area contributed by atoms with E-state index in [1.807, 2.05) is 27.7 Å². The van der Waals surface area contributed by atoms with Crippen LogP contribution < -0.4 is 98.6 Å². The Morgan fingerprint density at radius 3 is 0.816 bits per heavy atom. The van der Waals surface area contributed by atoms with Crippen LogP contribution in [0.1, 0.15) is 205 Å². The van der Waals surface area contributed by atoms with E-state index >= 15 is 0 Å². The summed E-state index contributed by atoms with van der Waals surface area (Å²) < 4.78 is 0. The van der Waals surface area contributed by atoms with Gasteiger partial charge in [-0.15, -0.1) is 0 Å². The molecule has 31 nitrogen and oxygen atoms in total. The summed E-state index contributed by atoms with van der Waals surface area (Å²) in [6, 6.07) is -14.8. The first kappa shape index (κ1) is 91.4. The van der Waals surface area contributed by atoms with Crippen LogP contribution in [0.25, 0.3) is 0 Å². The van der Waals surface area contributed by atoms with Gasteiger partial charge in [-0.1, -0.05) is 102 Å². The molecular formula is C67H130N18O13. The lowest BCUT2D eigenvalue weighted by Gasteiger charge is -2.31. The van der Waals surface area contributed by atoms with E-state index in [1.165, 1.54) is 0 Å². The second-order valence-electron chi connectivity index (χ2n) is 27.2. The number of unbranched alkanes of at least 4 members (excludes halogenated alkanes) is 5. The molecular weight excluding hydrogens is 1260 g/mol. The van der Waals surface area contributed by atoms with Crippen LogP contribution in [0.2, 0.25) is 0 Å². The van der Waals surface area contributed by atoms with Crippen molar-refractivity contribution in [1.29, 1.82) is 0 Å². The highest BCUT2D eigenvalue weighted by Crippen LogP contribution is 2.17. The molecule has 0 fully saturated rings. The minimum absolute atomic E-state index is 0.00558. The lowest BCUT2D eigenvalue weighted by molar-refractivity contribution is -0.137. The van der Waals surface area contributed by atoms with Crippen molar-refractivity contribution >= 4 is 70.9 Å². The first-order valence-corrected chi connectivity index (χ1v) is 35.8. The van der Waals surface area contributed by atoms with Crippen LogP contribution in [0.15, 0.2) is 0 Å². The molecule has 0 aliphatic heterocycles. The Bertz CT molecular complexity index is 2440. The fourth-order valence-electron chi connectivity index (χ4n) is 10.6. The summed E-state index contributed by atoms with van der Waals surface area (Å²) in [5, 5.41) is 40.5. The van der Waals surface area contributed by atoms with Crippen molar-refractivity contribution in [3.63, 3.8) is 0 Å². The van der Waals surface area contributed by atoms with Gasteiger partial charge in [-0.3, -0.25) is 57.5 Å². The standard InChI is InChI=1S/C67H130N18O13/c1-13-41(10)51(73)63(94)78-44(26-16-21-31-68)57(88)76-47(29-19-24-34-71)60(91)85-55(43(12)15-3)67(98)83-53(40(8)9)65(96)81-50(37-86)62(93)77-48(30-20-25-35-72)61(92)84-54(42(11)14-2)66(97)79-45(27-17-22-32-69)58(89)75-46(28-18-23-33-70)59(90)82-52(39(6)7)64(95)80-49(56(74)87)36-38(4)5/h38-55,86H,13-37,68-73H2,1-12H3,(H2,74,87)(H,75,89)(H,76,88)(H,77,93)(H,78,94)(H,79,97)(H,80,95)(H,81,96)(H,82,90)(H,83,98)(H,84,92)(H,85,91)/t41-,42-,43-,44+,45+,46+,47+,48+,49-,50-,51-,52-,53-,54-,55-/m0/s1. The molecule has 566 valence electrons. The van der Waals surface area contributed by atoms with Crippen LogP contribution in [0, 0.1) is 35.5 Å². The Kier molecular flexibility index (Phi) is 47.2. The normalized spacial score (nSPS) is 16.1. The van der Waals surface area contributed by atoms with Crippen molar-refractivity contribution in [3.8, 4) is 0 Å². The Morgan fingerprint density at radius 2 is 0.541 bits per heavy atom. The lowest BCUT2D eigenvalue weighted by atomic mass is 9.95. The number of hydrogen-bond acceptors (Lipinski definition) is 19. The summed E-state index contributed by atoms with van der Waals surface area (Å²) in [4.78, 5) is 168. The number of amides is 12. The Hall–Kier alpha value is -6.64. The molecule has 98 heavy (non-hydrogen) atoms. The number of nitrogens with two attached hydrogens (primary N) is 7. The molecule has 0 bridgehead atoms. The quantitative estimate of drug-likeness (QED) is 0.0301. The van der Waals surface area contributed by atoms with Crippen LogP contribution in [0.3, 0.4) is 0 Å². The van der Waals surface area contributed by atoms with E-state index in [2.05, 4.69) is 58.5 Å². The molecule has 0 aromatic carbocycles. The van der Waals surface area contributed by atoms with Gasteiger partial charge in [-0.25, -0.2) is 0 Å². The summed E-state index contributed by atoms with van der Waals surface area (Å²) in [6.07, 6.45) is 6.48. The number of aliphatic hydroxyl groups excluding tert-OH is 1. The third kappa shape index (κ3) is 34.4. The molecule has 0 aromatic rings. The van der Waals surface area contributed by atoms with E-state index in [4.69, 9.17) is 40.1 Å². The fraction of sp³-hybridized carbons (Fsp3) is 0.821. The molecule has 0 aliphatic carbocycles. The fourth-order valence-corrected chi connectivity index (χ4v) is 10.6. The van der Waals surface area contributed by atoms with Gasteiger partial charge in [0.1, 0.15) is 66.5 Å². The molecule has 0 heterocycles. The van der Waals surface area contributed by atoms with Crippen LogP contribution in [-0.2, 0) is 57.5 Å². The van der Waals surface area contributed by atoms with Gasteiger partial charge in [-0.2, -0.15) is 0 Å². The SMILES string of the molecule is CC[C@H](C)[C@H](N)C(=O)N[C@H](CCCCN)C(=O)N[C@H](CCCCN)C(=O)N[C@H](C(=O)N[C@H](C(=O)N[C@@H](CO)C(=O)N[C@H](CCCCN)C(=O)N[C@H](C(=O)N[C@H](CCCCN)C(=O)N[C@H](CCCCN)C(=O)N[C@H](C(=O)N[C@@H](CC(C)C)C(N)=O)C(C)C)[C@@H](C)CC)C(C)C)[C@@H](C)CC. The van der Waals surface area contributed by atoms with E-state index in [1.54, 1.807) is 55.4 Å². The third-order valence-corrected chi connectivity index (χ3v) is 17.7. The number of carbonyl (C=O) groups is 12. The number of hydrogen-bond donors (Lipinski definition) is 19. The first-order valence-electron chi connectivity index (χ1n) is 35.8. The summed E-state index contributed by atoms with van der Waals surface area (Å²) in [5.41, 5.74) is 40.8. The number of aliphatic hydroxyl groups is 1. The zero-order chi connectivity index (χ0) is 74.8. The smallest absolute Gasteiger partial charge is 0.245 e. The minimum atomic E-state index is -1.69. The summed E-state index contributed by atoms with van der Waals surface area (Å²) in [7, 11) is 0. The summed E-state index contributed by atoms with van der Waals surface area (Å²) >= 11 is 0. The molecule has 0 unspecified atom stereocenters. The molecule has 0 saturated carbocycles. The van der Waals surface area contributed by atoms with E-state index in [9.17, 15) is 62.6 Å². The number of primary amides is 1. The van der Waals surface area contributed by atoms with Gasteiger partial charge in [0, 0.05) is 0 Å². The maximum atomic E-state index is 14.6. The Labute approximate surface area is 582 Å². The van der Waals surface area contributed by atoms with Crippen LogP contribution in [-0.4, -0.2) is 188 Å². The van der Waals surface area contributed by atoms with E-state index < -0.39 is 174 Å². The maximum Gasteiger partial charge on any atom is 0.245 e. The molecule has 0 aromatic heterocycles. The molecule has 31 heteroatoms. The van der Waals surface area contributed by atoms with Gasteiger partial charge in [-0.05, 0) is 171 Å². The maximum absolute atomic E-state index is 14.6. The van der Waals surface area contributed by atoms with Gasteiger partial charge >= 0.3 is 0 Å². The molecule has 0 rings (SSSR count). The molecule has 0 radical (unpaired) electrons. The molecule has 15 atom stereocenters. The largest absolute Gasteiger partial charge is 0.394 e. The number of nitrogens with one attached hydrogen (secondary N) is 11. The molecule has 0 aliphatic rings. The van der Waals surface area contributed by atoms with E-state index in [0.717, 1.165) is 0 Å². The molecule has 0 spiro atoms. The van der Waals surface area contributed by atoms with Crippen molar-refractivity contribution in [2.75, 3.05) is 39.3 Å². The van der Waals surface area contributed by atoms with E-state index in [0.29, 0.717) is 96.6 Å². The zero-order valence-corrected chi connectivity index (χ0v) is 61.0. The average Bonchev–Trinajstić information content (AvgIpc) is 0.855. The molecule has 26 N–H and O–H groups in total. The molecule has 12 amide bonds. The monoisotopic (exact) mass is 1400 g/mol. The lowest BCUT2D eigenvalue weighted by Crippen LogP contribution is -2.62. The minimum Gasteiger partial charge on any atom is -0.394 e. The third-order valence-electron chi connectivity index (χ3n) is 17.7. The van der Waals surface area contributed by atoms with Crippen LogP contribution in [0.5, 0.6) is 0 Å². The highest BCUT2D eigenvalue weighted by Gasteiger charge is 2.39. The van der Waals surface area contributed by atoms with Gasteiger partial charge in [0.05, 0.1) is 12.6 Å². The average molecular weight is 1400 g/mol. The van der Waals surface area contributed by atoms with Crippen LogP contribution >= 0.6 is 0 Å².